The molecule has 0 fully saturated rings. The molecule has 0 amide bonds. The largest absolute Gasteiger partial charge is 0.497 e. The first-order valence-corrected chi connectivity index (χ1v) is 7.72. The van der Waals surface area contributed by atoms with E-state index in [1.165, 1.54) is 16.8 Å². The number of ether oxygens (including phenoxy) is 1. The molecule has 0 aliphatic rings. The Morgan fingerprint density at radius 2 is 2.17 bits per heavy atom. The van der Waals surface area contributed by atoms with E-state index >= 15 is 0 Å². The van der Waals surface area contributed by atoms with Crippen molar-refractivity contribution >= 4 is 22.3 Å². The first-order valence-electron chi connectivity index (χ1n) is 6.61. The summed E-state index contributed by atoms with van der Waals surface area (Å²) < 4.78 is 42.2. The van der Waals surface area contributed by atoms with Gasteiger partial charge >= 0.3 is 0 Å². The van der Waals surface area contributed by atoms with E-state index in [4.69, 9.17) is 9.29 Å². The van der Waals surface area contributed by atoms with Gasteiger partial charge in [0.25, 0.3) is 0 Å². The van der Waals surface area contributed by atoms with Gasteiger partial charge in [0.15, 0.2) is 0 Å². The van der Waals surface area contributed by atoms with Crippen LogP contribution in [0.5, 0.6) is 5.75 Å². The molecule has 2 N–H and O–H groups in total. The van der Waals surface area contributed by atoms with Crippen LogP contribution in [0.1, 0.15) is 5.56 Å². The van der Waals surface area contributed by atoms with Crippen molar-refractivity contribution in [3.8, 4) is 11.4 Å². The highest BCUT2D eigenvalue weighted by atomic mass is 32.2. The number of hydrogen-bond donors (Lipinski definition) is 2. The molecule has 1 unspecified atom stereocenters. The third kappa shape index (κ3) is 3.21. The second-order valence-electron chi connectivity index (χ2n) is 4.70. The summed E-state index contributed by atoms with van der Waals surface area (Å²) in [4.78, 5) is 0. The topological polar surface area (TPSA) is 89.3 Å². The zero-order valence-corrected chi connectivity index (χ0v) is 12.9. The van der Waals surface area contributed by atoms with Gasteiger partial charge < -0.3 is 4.74 Å². The van der Waals surface area contributed by atoms with Crippen molar-refractivity contribution in [2.75, 3.05) is 7.11 Å². The van der Waals surface area contributed by atoms with Crippen LogP contribution in [0, 0.1) is 5.82 Å². The van der Waals surface area contributed by atoms with E-state index in [0.29, 0.717) is 22.5 Å². The number of fused-ring (bicyclic) bond motifs is 1. The Balaban J connectivity index is 1.95. The van der Waals surface area contributed by atoms with Gasteiger partial charge in [-0.25, -0.2) is 18.0 Å². The zero-order valence-electron chi connectivity index (χ0n) is 12.1. The lowest BCUT2D eigenvalue weighted by Gasteiger charge is -2.07. The number of aromatic nitrogens is 3. The maximum absolute atomic E-state index is 14.1. The standard InChI is InChI=1S/C14H13FN4O3S/c1-22-11-4-5-14-13(7-11)17-18-19(14)10-3-2-9(12(15)6-10)8-16-23(20)21/h2-7,16H,8H2,1H3,(H,20,21). The number of nitrogens with one attached hydrogen (secondary N) is 1. The molecule has 0 aliphatic carbocycles. The van der Waals surface area contributed by atoms with Gasteiger partial charge in [-0.3, -0.25) is 4.55 Å². The van der Waals surface area contributed by atoms with Crippen molar-refractivity contribution in [1.82, 2.24) is 19.7 Å². The van der Waals surface area contributed by atoms with E-state index in [1.54, 1.807) is 31.4 Å². The molecule has 0 aliphatic heterocycles. The number of hydrogen-bond acceptors (Lipinski definition) is 4. The molecule has 0 spiro atoms. The third-order valence-corrected chi connectivity index (χ3v) is 3.71. The Morgan fingerprint density at radius 3 is 2.87 bits per heavy atom. The number of nitrogens with zero attached hydrogens (tertiary/aromatic N) is 3. The average molecular weight is 336 g/mol. The van der Waals surface area contributed by atoms with Crippen molar-refractivity contribution in [2.45, 2.75) is 6.54 Å². The molecule has 9 heteroatoms. The van der Waals surface area contributed by atoms with Gasteiger partial charge in [-0.1, -0.05) is 11.3 Å². The van der Waals surface area contributed by atoms with Crippen molar-refractivity contribution in [1.29, 1.82) is 0 Å². The first kappa shape index (κ1) is 15.5. The van der Waals surface area contributed by atoms with Gasteiger partial charge in [0.1, 0.15) is 17.1 Å². The Labute approximate surface area is 133 Å². The SMILES string of the molecule is COc1ccc2c(c1)nnn2-c1ccc(CNS(=O)O)c(F)c1. The van der Waals surface area contributed by atoms with Crippen LogP contribution in [0.3, 0.4) is 0 Å². The Bertz CT molecular complexity index is 884. The van der Waals surface area contributed by atoms with E-state index in [0.717, 1.165) is 0 Å². The number of rotatable bonds is 5. The highest BCUT2D eigenvalue weighted by molar-refractivity contribution is 7.77. The summed E-state index contributed by atoms with van der Waals surface area (Å²) >= 11 is -2.19. The van der Waals surface area contributed by atoms with Gasteiger partial charge in [-0.2, -0.15) is 0 Å². The van der Waals surface area contributed by atoms with E-state index in [-0.39, 0.29) is 12.1 Å². The molecule has 7 nitrogen and oxygen atoms in total. The summed E-state index contributed by atoms with van der Waals surface area (Å²) in [6, 6.07) is 9.80. The van der Waals surface area contributed by atoms with Gasteiger partial charge in [0.05, 0.1) is 18.3 Å². The minimum absolute atomic E-state index is 0.0511. The van der Waals surface area contributed by atoms with E-state index < -0.39 is 17.1 Å². The summed E-state index contributed by atoms with van der Waals surface area (Å²) in [5.41, 5.74) is 2.13. The summed E-state index contributed by atoms with van der Waals surface area (Å²) in [6.07, 6.45) is 0. The molecule has 0 saturated heterocycles. The Morgan fingerprint density at radius 1 is 1.35 bits per heavy atom. The highest BCUT2D eigenvalue weighted by Gasteiger charge is 2.10. The molecule has 1 aromatic heterocycles. The van der Waals surface area contributed by atoms with Crippen LogP contribution < -0.4 is 9.46 Å². The smallest absolute Gasteiger partial charge is 0.232 e. The zero-order chi connectivity index (χ0) is 16.4. The molecule has 23 heavy (non-hydrogen) atoms. The van der Waals surface area contributed by atoms with Crippen LogP contribution in [-0.2, 0) is 17.8 Å². The summed E-state index contributed by atoms with van der Waals surface area (Å²) in [6.45, 7) is -0.0511. The maximum Gasteiger partial charge on any atom is 0.232 e. The van der Waals surface area contributed by atoms with E-state index in [2.05, 4.69) is 15.0 Å². The van der Waals surface area contributed by atoms with Gasteiger partial charge in [0, 0.05) is 18.2 Å². The predicted octanol–water partition coefficient (Wildman–Crippen LogP) is 1.79. The molecular formula is C14H13FN4O3S. The van der Waals surface area contributed by atoms with Crippen LogP contribution in [-0.4, -0.2) is 30.9 Å². The Hall–Kier alpha value is -2.36. The quantitative estimate of drug-likeness (QED) is 0.694. The molecule has 3 aromatic rings. The summed E-state index contributed by atoms with van der Waals surface area (Å²) in [7, 11) is 1.56. The van der Waals surface area contributed by atoms with Crippen molar-refractivity contribution in [2.24, 2.45) is 0 Å². The number of halogens is 1. The van der Waals surface area contributed by atoms with E-state index in [9.17, 15) is 8.60 Å². The fourth-order valence-corrected chi connectivity index (χ4v) is 2.45. The molecule has 0 bridgehead atoms. The second-order valence-corrected chi connectivity index (χ2v) is 5.49. The van der Waals surface area contributed by atoms with Crippen LogP contribution in [0.4, 0.5) is 4.39 Å². The minimum atomic E-state index is -2.19. The molecule has 0 radical (unpaired) electrons. The molecule has 1 heterocycles. The fraction of sp³-hybridized carbons (Fsp3) is 0.143. The third-order valence-electron chi connectivity index (χ3n) is 3.32. The van der Waals surface area contributed by atoms with Gasteiger partial charge in [0.2, 0.25) is 11.3 Å². The molecular weight excluding hydrogens is 323 g/mol. The van der Waals surface area contributed by atoms with Crippen molar-refractivity contribution in [3.05, 3.63) is 47.8 Å². The fourth-order valence-electron chi connectivity index (χ4n) is 2.17. The summed E-state index contributed by atoms with van der Waals surface area (Å²) in [5.74, 6) is 0.159. The van der Waals surface area contributed by atoms with Crippen LogP contribution in [0.15, 0.2) is 36.4 Å². The average Bonchev–Trinajstić information content (AvgIpc) is 2.96. The monoisotopic (exact) mass is 336 g/mol. The molecule has 3 rings (SSSR count). The van der Waals surface area contributed by atoms with Gasteiger partial charge in [-0.15, -0.1) is 5.10 Å². The van der Waals surface area contributed by atoms with Crippen molar-refractivity contribution in [3.63, 3.8) is 0 Å². The lowest BCUT2D eigenvalue weighted by molar-refractivity contribution is 0.415. The van der Waals surface area contributed by atoms with Crippen LogP contribution in [0.2, 0.25) is 0 Å². The normalized spacial score (nSPS) is 12.5. The molecule has 1 atom stereocenters. The molecule has 120 valence electrons. The van der Waals surface area contributed by atoms with Crippen molar-refractivity contribution < 1.29 is 17.9 Å². The highest BCUT2D eigenvalue weighted by Crippen LogP contribution is 2.22. The number of methoxy groups -OCH3 is 1. The lowest BCUT2D eigenvalue weighted by atomic mass is 10.2. The minimum Gasteiger partial charge on any atom is -0.497 e. The van der Waals surface area contributed by atoms with E-state index in [1.807, 2.05) is 0 Å². The van der Waals surface area contributed by atoms with Gasteiger partial charge in [-0.05, 0) is 24.3 Å². The summed E-state index contributed by atoms with van der Waals surface area (Å²) in [5, 5.41) is 8.07. The Kier molecular flexibility index (Phi) is 4.33. The van der Waals surface area contributed by atoms with Crippen LogP contribution >= 0.6 is 0 Å². The lowest BCUT2D eigenvalue weighted by Crippen LogP contribution is -2.16. The molecule has 0 saturated carbocycles. The first-order chi connectivity index (χ1) is 11.1. The number of benzene rings is 2. The maximum atomic E-state index is 14.1. The predicted molar refractivity (Wildman–Crippen MR) is 83.0 cm³/mol. The second kappa shape index (κ2) is 6.41. The van der Waals surface area contributed by atoms with Crippen LogP contribution in [0.25, 0.3) is 16.7 Å². The molecule has 2 aromatic carbocycles.